The van der Waals surface area contributed by atoms with Crippen molar-refractivity contribution in [2.45, 2.75) is 64.5 Å². The maximum atomic E-state index is 14.2. The SMILES string of the molecule is Cn1cnc2ccc(-c3ccc(C[C@H](N)C(=O)N(C(=O)C4CCC(CNC(=O)OC(C)(C)C)CC4)c4ccc(-c5nn[nH]n5)cc4)cc3)cc21. The third kappa shape index (κ3) is 8.05. The maximum Gasteiger partial charge on any atom is 0.407 e. The molecule has 3 aromatic carbocycles. The summed E-state index contributed by atoms with van der Waals surface area (Å²) in [6.45, 7) is 5.94. The van der Waals surface area contributed by atoms with Crippen LogP contribution in [0.1, 0.15) is 52.0 Å². The fourth-order valence-corrected chi connectivity index (χ4v) is 6.39. The standard InChI is InChI=1S/C37H43N9O4/c1-37(2,3)50-36(49)39-21-24-7-11-27(12-8-24)34(47)46(29-16-13-26(14-17-29)33-41-43-44-42-33)35(48)30(38)19-23-5-9-25(10-6-23)28-15-18-31-32(20-28)45(4)22-40-31/h5-6,9-10,13-18,20,22,24,27,30H,7-8,11-12,19,21,38H2,1-4H3,(H,39,49)(H,41,42,43,44)/t24?,27?,30-/m0/s1. The van der Waals surface area contributed by atoms with E-state index in [9.17, 15) is 14.4 Å². The van der Waals surface area contributed by atoms with E-state index < -0.39 is 23.6 Å². The molecule has 1 aliphatic rings. The zero-order valence-electron chi connectivity index (χ0n) is 28.8. The van der Waals surface area contributed by atoms with Crippen molar-refractivity contribution < 1.29 is 19.1 Å². The van der Waals surface area contributed by atoms with Crippen LogP contribution in [0.3, 0.4) is 0 Å². The van der Waals surface area contributed by atoms with E-state index in [1.807, 2.05) is 68.8 Å². The van der Waals surface area contributed by atoms with Crippen LogP contribution in [0.5, 0.6) is 0 Å². The monoisotopic (exact) mass is 677 g/mol. The quantitative estimate of drug-likeness (QED) is 0.190. The zero-order valence-corrected chi connectivity index (χ0v) is 28.8. The number of nitrogens with two attached hydrogens (primary N) is 1. The molecular formula is C37H43N9O4. The summed E-state index contributed by atoms with van der Waals surface area (Å²) in [4.78, 5) is 46.0. The van der Waals surface area contributed by atoms with Crippen molar-refractivity contribution in [2.75, 3.05) is 11.4 Å². The van der Waals surface area contributed by atoms with E-state index in [0.717, 1.165) is 40.6 Å². The van der Waals surface area contributed by atoms with Crippen LogP contribution in [-0.2, 0) is 27.8 Å². The van der Waals surface area contributed by atoms with E-state index in [1.165, 1.54) is 4.90 Å². The summed E-state index contributed by atoms with van der Waals surface area (Å²) in [5, 5.41) is 16.9. The average molecular weight is 678 g/mol. The number of anilines is 1. The maximum absolute atomic E-state index is 14.2. The lowest BCUT2D eigenvalue weighted by Crippen LogP contribution is -2.50. The van der Waals surface area contributed by atoms with Crippen molar-refractivity contribution in [3.8, 4) is 22.5 Å². The van der Waals surface area contributed by atoms with Crippen molar-refractivity contribution in [2.24, 2.45) is 24.6 Å². The van der Waals surface area contributed by atoms with Gasteiger partial charge >= 0.3 is 6.09 Å². The largest absolute Gasteiger partial charge is 0.444 e. The van der Waals surface area contributed by atoms with Crippen LogP contribution in [-0.4, -0.2) is 66.3 Å². The van der Waals surface area contributed by atoms with Gasteiger partial charge in [0.1, 0.15) is 5.60 Å². The molecule has 0 unspecified atom stereocenters. The number of carbonyl (C=O) groups excluding carboxylic acids is 3. The molecule has 1 atom stereocenters. The first-order valence-electron chi connectivity index (χ1n) is 16.9. The minimum absolute atomic E-state index is 0.209. The highest BCUT2D eigenvalue weighted by Gasteiger charge is 2.35. The van der Waals surface area contributed by atoms with Gasteiger partial charge < -0.3 is 20.4 Å². The number of ether oxygens (including phenoxy) is 1. The molecule has 5 aromatic rings. The number of nitrogens with zero attached hydrogens (tertiary/aromatic N) is 6. The number of imide groups is 1. The second-order valence-corrected chi connectivity index (χ2v) is 14.0. The molecule has 2 aromatic heterocycles. The normalized spacial score (nSPS) is 16.9. The molecule has 4 N–H and O–H groups in total. The molecule has 260 valence electrons. The van der Waals surface area contributed by atoms with Crippen LogP contribution in [0.2, 0.25) is 0 Å². The minimum atomic E-state index is -0.957. The molecule has 0 bridgehead atoms. The Kier molecular flexibility index (Phi) is 10.0. The molecule has 2 heterocycles. The second-order valence-electron chi connectivity index (χ2n) is 14.0. The molecule has 1 saturated carbocycles. The Bertz CT molecular complexity index is 1940. The van der Waals surface area contributed by atoms with Gasteiger partial charge in [-0.1, -0.05) is 30.3 Å². The lowest BCUT2D eigenvalue weighted by molar-refractivity contribution is -0.130. The average Bonchev–Trinajstić information content (AvgIpc) is 3.78. The number of nitrogens with one attached hydrogen (secondary N) is 2. The molecule has 1 fully saturated rings. The third-order valence-corrected chi connectivity index (χ3v) is 9.09. The Morgan fingerprint density at radius 2 is 1.66 bits per heavy atom. The summed E-state index contributed by atoms with van der Waals surface area (Å²) in [7, 11) is 1.97. The lowest BCUT2D eigenvalue weighted by atomic mass is 9.81. The highest BCUT2D eigenvalue weighted by atomic mass is 16.6. The lowest BCUT2D eigenvalue weighted by Gasteiger charge is -2.32. The smallest absolute Gasteiger partial charge is 0.407 e. The molecule has 13 heteroatoms. The van der Waals surface area contributed by atoms with Gasteiger partial charge in [0.05, 0.1) is 29.1 Å². The van der Waals surface area contributed by atoms with E-state index in [1.54, 1.807) is 30.6 Å². The highest BCUT2D eigenvalue weighted by molar-refractivity contribution is 6.17. The molecule has 0 spiro atoms. The van der Waals surface area contributed by atoms with Crippen molar-refractivity contribution in [3.63, 3.8) is 0 Å². The van der Waals surface area contributed by atoms with Gasteiger partial charge in [-0.05, 0) is 117 Å². The van der Waals surface area contributed by atoms with Crippen LogP contribution in [0.25, 0.3) is 33.5 Å². The van der Waals surface area contributed by atoms with Gasteiger partial charge in [-0.3, -0.25) is 9.59 Å². The predicted molar refractivity (Wildman–Crippen MR) is 190 cm³/mol. The number of imidazole rings is 1. The molecule has 0 radical (unpaired) electrons. The third-order valence-electron chi connectivity index (χ3n) is 9.09. The predicted octanol–water partition coefficient (Wildman–Crippen LogP) is 5.18. The Morgan fingerprint density at radius 1 is 0.980 bits per heavy atom. The van der Waals surface area contributed by atoms with Gasteiger partial charge in [0, 0.05) is 25.1 Å². The Morgan fingerprint density at radius 3 is 2.32 bits per heavy atom. The van der Waals surface area contributed by atoms with Crippen LogP contribution in [0, 0.1) is 11.8 Å². The second kappa shape index (κ2) is 14.6. The first-order chi connectivity index (χ1) is 23.9. The molecule has 0 saturated heterocycles. The number of H-pyrrole nitrogens is 1. The van der Waals surface area contributed by atoms with Gasteiger partial charge in [0.2, 0.25) is 11.7 Å². The number of aryl methyl sites for hydroxylation is 1. The van der Waals surface area contributed by atoms with Crippen LogP contribution >= 0.6 is 0 Å². The number of alkyl carbamates (subject to hydrolysis) is 1. The number of rotatable bonds is 9. The molecule has 3 amide bonds. The fraction of sp³-hybridized carbons (Fsp3) is 0.378. The summed E-state index contributed by atoms with van der Waals surface area (Å²) in [5.74, 6) is -0.503. The van der Waals surface area contributed by atoms with Crippen molar-refractivity contribution >= 4 is 34.6 Å². The minimum Gasteiger partial charge on any atom is -0.444 e. The van der Waals surface area contributed by atoms with E-state index >= 15 is 0 Å². The van der Waals surface area contributed by atoms with E-state index in [0.29, 0.717) is 36.5 Å². The van der Waals surface area contributed by atoms with Crippen molar-refractivity contribution in [3.05, 3.63) is 78.6 Å². The van der Waals surface area contributed by atoms with E-state index in [-0.39, 0.29) is 24.2 Å². The molecule has 1 aliphatic carbocycles. The molecular weight excluding hydrogens is 634 g/mol. The van der Waals surface area contributed by atoms with Gasteiger partial charge in [-0.15, -0.1) is 10.2 Å². The van der Waals surface area contributed by atoms with Gasteiger partial charge in [-0.2, -0.15) is 5.21 Å². The van der Waals surface area contributed by atoms with Crippen LogP contribution in [0.15, 0.2) is 73.1 Å². The number of aromatic amines is 1. The number of fused-ring (bicyclic) bond motifs is 1. The summed E-state index contributed by atoms with van der Waals surface area (Å²) >= 11 is 0. The first kappa shape index (κ1) is 34.4. The number of carbonyl (C=O) groups is 3. The summed E-state index contributed by atoms with van der Waals surface area (Å²) in [6.07, 6.45) is 4.24. The number of aromatic nitrogens is 6. The summed E-state index contributed by atoms with van der Waals surface area (Å²) in [5.41, 5.74) is 12.1. The summed E-state index contributed by atoms with van der Waals surface area (Å²) < 4.78 is 7.34. The topological polar surface area (TPSA) is 174 Å². The van der Waals surface area contributed by atoms with E-state index in [2.05, 4.69) is 37.0 Å². The Labute approximate surface area is 290 Å². The van der Waals surface area contributed by atoms with Gasteiger partial charge in [0.15, 0.2) is 0 Å². The molecule has 13 nitrogen and oxygen atoms in total. The van der Waals surface area contributed by atoms with Gasteiger partial charge in [0.25, 0.3) is 5.91 Å². The number of benzene rings is 3. The Balaban J connectivity index is 1.15. The zero-order chi connectivity index (χ0) is 35.4. The van der Waals surface area contributed by atoms with Crippen molar-refractivity contribution in [1.82, 2.24) is 35.5 Å². The molecule has 0 aliphatic heterocycles. The number of hydrogen-bond acceptors (Lipinski definition) is 9. The molecule has 6 rings (SSSR count). The fourth-order valence-electron chi connectivity index (χ4n) is 6.39. The first-order valence-corrected chi connectivity index (χ1v) is 16.9. The van der Waals surface area contributed by atoms with Crippen molar-refractivity contribution in [1.29, 1.82) is 0 Å². The number of amides is 3. The van der Waals surface area contributed by atoms with E-state index in [4.69, 9.17) is 10.5 Å². The van der Waals surface area contributed by atoms with Crippen LogP contribution in [0.4, 0.5) is 10.5 Å². The van der Waals surface area contributed by atoms with Crippen LogP contribution < -0.4 is 16.0 Å². The summed E-state index contributed by atoms with van der Waals surface area (Å²) in [6, 6.07) is 20.1. The highest BCUT2D eigenvalue weighted by Crippen LogP contribution is 2.32. The number of hydrogen-bond donors (Lipinski definition) is 3. The Hall–Kier alpha value is -5.43. The van der Waals surface area contributed by atoms with Gasteiger partial charge in [-0.25, -0.2) is 14.7 Å². The molecule has 50 heavy (non-hydrogen) atoms. The number of tetrazole rings is 1.